The number of rotatable bonds is 1. The van der Waals surface area contributed by atoms with Crippen LogP contribution in [0.15, 0.2) is 18.2 Å². The predicted molar refractivity (Wildman–Crippen MR) is 76.8 cm³/mol. The van der Waals surface area contributed by atoms with Crippen molar-refractivity contribution in [3.63, 3.8) is 0 Å². The number of hydrogen-bond donors (Lipinski definition) is 2. The van der Waals surface area contributed by atoms with Crippen molar-refractivity contribution in [1.29, 1.82) is 0 Å². The maximum absolute atomic E-state index is 12.7. The number of fused-ring (bicyclic) bond motifs is 1. The van der Waals surface area contributed by atoms with E-state index in [0.29, 0.717) is 26.1 Å². The lowest BCUT2D eigenvalue weighted by Crippen LogP contribution is -2.35. The first-order valence-electron chi connectivity index (χ1n) is 7.17. The van der Waals surface area contributed by atoms with Crippen LogP contribution >= 0.6 is 0 Å². The van der Waals surface area contributed by atoms with Crippen molar-refractivity contribution in [2.24, 2.45) is 0 Å². The van der Waals surface area contributed by atoms with E-state index in [4.69, 9.17) is 0 Å². The van der Waals surface area contributed by atoms with Crippen LogP contribution in [-0.2, 0) is 11.2 Å². The predicted octanol–water partition coefficient (Wildman–Crippen LogP) is 1.01. The van der Waals surface area contributed by atoms with E-state index in [1.165, 1.54) is 0 Å². The summed E-state index contributed by atoms with van der Waals surface area (Å²) in [5, 5.41) is 6.14. The van der Waals surface area contributed by atoms with Gasteiger partial charge in [-0.05, 0) is 30.5 Å². The number of nitrogens with zero attached hydrogens (tertiary/aromatic N) is 1. The zero-order valence-corrected chi connectivity index (χ0v) is 11.4. The lowest BCUT2D eigenvalue weighted by Gasteiger charge is -2.24. The SMILES string of the molecule is O=C1CCN(C(=O)c2cccc3c2CCCN3)CCN1. The highest BCUT2D eigenvalue weighted by Gasteiger charge is 2.23. The maximum Gasteiger partial charge on any atom is 0.254 e. The fraction of sp³-hybridized carbons (Fsp3) is 0.467. The summed E-state index contributed by atoms with van der Waals surface area (Å²) in [6.07, 6.45) is 2.38. The summed E-state index contributed by atoms with van der Waals surface area (Å²) >= 11 is 0. The molecule has 3 rings (SSSR count). The van der Waals surface area contributed by atoms with Gasteiger partial charge in [0.1, 0.15) is 0 Å². The van der Waals surface area contributed by atoms with Gasteiger partial charge in [0.25, 0.3) is 5.91 Å². The molecule has 1 fully saturated rings. The number of nitrogens with one attached hydrogen (secondary N) is 2. The molecule has 0 radical (unpaired) electrons. The molecule has 5 heteroatoms. The number of benzene rings is 1. The average molecular weight is 273 g/mol. The molecule has 2 aliphatic rings. The van der Waals surface area contributed by atoms with Gasteiger partial charge in [-0.15, -0.1) is 0 Å². The molecule has 2 heterocycles. The first-order valence-corrected chi connectivity index (χ1v) is 7.17. The Balaban J connectivity index is 1.85. The van der Waals surface area contributed by atoms with Crippen LogP contribution in [0.5, 0.6) is 0 Å². The van der Waals surface area contributed by atoms with Gasteiger partial charge < -0.3 is 15.5 Å². The highest BCUT2D eigenvalue weighted by Crippen LogP contribution is 2.26. The third kappa shape index (κ3) is 2.48. The Morgan fingerprint density at radius 1 is 1.10 bits per heavy atom. The van der Waals surface area contributed by atoms with Gasteiger partial charge in [0.05, 0.1) is 0 Å². The van der Waals surface area contributed by atoms with Gasteiger partial charge in [0, 0.05) is 43.9 Å². The van der Waals surface area contributed by atoms with E-state index >= 15 is 0 Å². The first-order chi connectivity index (χ1) is 9.75. The Morgan fingerprint density at radius 3 is 2.90 bits per heavy atom. The minimum atomic E-state index is 0.0251. The monoisotopic (exact) mass is 273 g/mol. The van der Waals surface area contributed by atoms with Crippen LogP contribution in [0, 0.1) is 0 Å². The van der Waals surface area contributed by atoms with Crippen LogP contribution in [0.1, 0.15) is 28.8 Å². The second-order valence-corrected chi connectivity index (χ2v) is 5.25. The molecule has 0 aliphatic carbocycles. The van der Waals surface area contributed by atoms with Gasteiger partial charge in [-0.2, -0.15) is 0 Å². The lowest BCUT2D eigenvalue weighted by atomic mass is 9.97. The highest BCUT2D eigenvalue weighted by atomic mass is 16.2. The van der Waals surface area contributed by atoms with Gasteiger partial charge in [-0.1, -0.05) is 6.07 Å². The fourth-order valence-corrected chi connectivity index (χ4v) is 2.85. The minimum Gasteiger partial charge on any atom is -0.385 e. The molecule has 0 unspecified atom stereocenters. The largest absolute Gasteiger partial charge is 0.385 e. The van der Waals surface area contributed by atoms with Crippen LogP contribution in [0.2, 0.25) is 0 Å². The van der Waals surface area contributed by atoms with Crippen molar-refractivity contribution in [3.05, 3.63) is 29.3 Å². The number of amides is 2. The van der Waals surface area contributed by atoms with Crippen molar-refractivity contribution in [2.45, 2.75) is 19.3 Å². The van der Waals surface area contributed by atoms with Crippen LogP contribution in [0.3, 0.4) is 0 Å². The minimum absolute atomic E-state index is 0.0251. The Labute approximate surface area is 118 Å². The van der Waals surface area contributed by atoms with E-state index in [-0.39, 0.29) is 11.8 Å². The molecule has 106 valence electrons. The molecule has 2 amide bonds. The van der Waals surface area contributed by atoms with E-state index in [1.807, 2.05) is 18.2 Å². The summed E-state index contributed by atoms with van der Waals surface area (Å²) < 4.78 is 0. The van der Waals surface area contributed by atoms with E-state index in [1.54, 1.807) is 4.90 Å². The second kappa shape index (κ2) is 5.53. The topological polar surface area (TPSA) is 61.4 Å². The molecular formula is C15H19N3O2. The molecule has 1 saturated heterocycles. The number of carbonyl (C=O) groups excluding carboxylic acids is 2. The fourth-order valence-electron chi connectivity index (χ4n) is 2.85. The molecule has 20 heavy (non-hydrogen) atoms. The summed E-state index contributed by atoms with van der Waals surface area (Å²) in [6, 6.07) is 5.85. The normalized spacial score (nSPS) is 18.6. The van der Waals surface area contributed by atoms with E-state index in [2.05, 4.69) is 10.6 Å². The molecule has 0 atom stereocenters. The molecule has 0 aromatic heterocycles. The summed E-state index contributed by atoms with van der Waals surface area (Å²) in [6.45, 7) is 2.59. The molecule has 1 aromatic rings. The molecule has 1 aromatic carbocycles. The quantitative estimate of drug-likeness (QED) is 0.802. The third-order valence-corrected chi connectivity index (χ3v) is 3.93. The van der Waals surface area contributed by atoms with Crippen LogP contribution < -0.4 is 10.6 Å². The number of carbonyl (C=O) groups is 2. The summed E-state index contributed by atoms with van der Waals surface area (Å²) in [5.74, 6) is 0.0686. The zero-order chi connectivity index (χ0) is 13.9. The average Bonchev–Trinajstić information content (AvgIpc) is 2.71. The van der Waals surface area contributed by atoms with Crippen LogP contribution in [0.25, 0.3) is 0 Å². The van der Waals surface area contributed by atoms with Gasteiger partial charge >= 0.3 is 0 Å². The second-order valence-electron chi connectivity index (χ2n) is 5.25. The first kappa shape index (κ1) is 13.0. The summed E-state index contributed by atoms with van der Waals surface area (Å²) in [7, 11) is 0. The molecule has 0 bridgehead atoms. The van der Waals surface area contributed by atoms with Gasteiger partial charge in [0.2, 0.25) is 5.91 Å². The molecule has 0 saturated carbocycles. The smallest absolute Gasteiger partial charge is 0.254 e. The Bertz CT molecular complexity index is 542. The maximum atomic E-state index is 12.7. The van der Waals surface area contributed by atoms with E-state index < -0.39 is 0 Å². The van der Waals surface area contributed by atoms with Crippen molar-refractivity contribution < 1.29 is 9.59 Å². The Morgan fingerprint density at radius 2 is 2.00 bits per heavy atom. The standard InChI is InChI=1S/C15H19N3O2/c19-14-6-9-18(10-8-17-14)15(20)12-3-1-5-13-11(12)4-2-7-16-13/h1,3,5,16H,2,4,6-10H2,(H,17,19). The van der Waals surface area contributed by atoms with Gasteiger partial charge in [-0.25, -0.2) is 0 Å². The number of hydrogen-bond acceptors (Lipinski definition) is 3. The van der Waals surface area contributed by atoms with Gasteiger partial charge in [-0.3, -0.25) is 9.59 Å². The molecular weight excluding hydrogens is 254 g/mol. The van der Waals surface area contributed by atoms with Gasteiger partial charge in [0.15, 0.2) is 0 Å². The Hall–Kier alpha value is -2.04. The molecule has 0 spiro atoms. The highest BCUT2D eigenvalue weighted by molar-refractivity contribution is 5.97. The summed E-state index contributed by atoms with van der Waals surface area (Å²) in [4.78, 5) is 25.8. The van der Waals surface area contributed by atoms with Crippen molar-refractivity contribution >= 4 is 17.5 Å². The summed E-state index contributed by atoms with van der Waals surface area (Å²) in [5.41, 5.74) is 2.97. The third-order valence-electron chi connectivity index (χ3n) is 3.93. The van der Waals surface area contributed by atoms with E-state index in [0.717, 1.165) is 36.2 Å². The molecule has 5 nitrogen and oxygen atoms in total. The zero-order valence-electron chi connectivity index (χ0n) is 11.4. The van der Waals surface area contributed by atoms with Crippen molar-refractivity contribution in [3.8, 4) is 0 Å². The van der Waals surface area contributed by atoms with Crippen molar-refractivity contribution in [1.82, 2.24) is 10.2 Å². The van der Waals surface area contributed by atoms with Crippen LogP contribution in [0.4, 0.5) is 5.69 Å². The molecule has 2 aliphatic heterocycles. The van der Waals surface area contributed by atoms with Crippen molar-refractivity contribution in [2.75, 3.05) is 31.5 Å². The Kier molecular flexibility index (Phi) is 3.58. The number of anilines is 1. The van der Waals surface area contributed by atoms with Crippen LogP contribution in [-0.4, -0.2) is 42.9 Å². The molecule has 2 N–H and O–H groups in total. The lowest BCUT2D eigenvalue weighted by molar-refractivity contribution is -0.120. The van der Waals surface area contributed by atoms with E-state index in [9.17, 15) is 9.59 Å².